The van der Waals surface area contributed by atoms with E-state index in [0.717, 1.165) is 39.0 Å². The Morgan fingerprint density at radius 1 is 1.50 bits per heavy atom. The lowest BCUT2D eigenvalue weighted by molar-refractivity contribution is 0.0191. The van der Waals surface area contributed by atoms with Crippen molar-refractivity contribution in [1.29, 1.82) is 0 Å². The summed E-state index contributed by atoms with van der Waals surface area (Å²) in [5.74, 6) is 0. The lowest BCUT2D eigenvalue weighted by atomic mass is 9.77. The molecule has 0 atom stereocenters. The van der Waals surface area contributed by atoms with Crippen molar-refractivity contribution >= 4 is 11.3 Å². The zero-order valence-electron chi connectivity index (χ0n) is 8.24. The summed E-state index contributed by atoms with van der Waals surface area (Å²) in [7, 11) is 0. The second-order valence-electron chi connectivity index (χ2n) is 3.92. The largest absolute Gasteiger partial charge is 0.381 e. The summed E-state index contributed by atoms with van der Waals surface area (Å²) in [6, 6.07) is 0. The van der Waals surface area contributed by atoms with Gasteiger partial charge in [-0.1, -0.05) is 0 Å². The molecule has 1 aromatic heterocycles. The van der Waals surface area contributed by atoms with Crippen LogP contribution in [0.1, 0.15) is 17.8 Å². The molecule has 0 bridgehead atoms. The number of rotatable bonds is 3. The van der Waals surface area contributed by atoms with Crippen LogP contribution in [0, 0.1) is 5.41 Å². The van der Waals surface area contributed by atoms with Gasteiger partial charge in [-0.2, -0.15) is 0 Å². The van der Waals surface area contributed by atoms with E-state index in [4.69, 9.17) is 10.5 Å². The molecule has 0 aromatic carbocycles. The van der Waals surface area contributed by atoms with Gasteiger partial charge >= 0.3 is 0 Å². The molecule has 1 fully saturated rings. The van der Waals surface area contributed by atoms with Crippen molar-refractivity contribution in [3.63, 3.8) is 0 Å². The van der Waals surface area contributed by atoms with E-state index in [1.54, 1.807) is 11.3 Å². The van der Waals surface area contributed by atoms with E-state index >= 15 is 0 Å². The Morgan fingerprint density at radius 2 is 2.29 bits per heavy atom. The molecule has 0 spiro atoms. The maximum absolute atomic E-state index is 5.88. The Balaban J connectivity index is 2.04. The molecule has 1 aliphatic rings. The number of hydrogen-bond donors (Lipinski definition) is 1. The van der Waals surface area contributed by atoms with E-state index in [0.29, 0.717) is 0 Å². The third kappa shape index (κ3) is 2.13. The lowest BCUT2D eigenvalue weighted by Crippen LogP contribution is -2.38. The third-order valence-corrected chi connectivity index (χ3v) is 3.78. The van der Waals surface area contributed by atoms with Gasteiger partial charge in [0.25, 0.3) is 0 Å². The van der Waals surface area contributed by atoms with Gasteiger partial charge in [-0.05, 0) is 24.8 Å². The van der Waals surface area contributed by atoms with Crippen LogP contribution in [-0.2, 0) is 11.2 Å². The smallest absolute Gasteiger partial charge is 0.0930 e. The third-order valence-electron chi connectivity index (χ3n) is 3.00. The zero-order valence-corrected chi connectivity index (χ0v) is 9.05. The number of nitrogens with zero attached hydrogens (tertiary/aromatic N) is 1. The minimum Gasteiger partial charge on any atom is -0.381 e. The number of aromatic nitrogens is 1. The van der Waals surface area contributed by atoms with Crippen LogP contribution in [-0.4, -0.2) is 24.7 Å². The van der Waals surface area contributed by atoms with Crippen LogP contribution in [0.3, 0.4) is 0 Å². The molecule has 2 rings (SSSR count). The van der Waals surface area contributed by atoms with Gasteiger partial charge in [0.05, 0.1) is 5.01 Å². The molecular weight excluding hydrogens is 196 g/mol. The van der Waals surface area contributed by atoms with E-state index in [1.807, 2.05) is 11.6 Å². The van der Waals surface area contributed by atoms with Gasteiger partial charge in [-0.25, -0.2) is 4.98 Å². The zero-order chi connectivity index (χ0) is 9.86. The molecule has 2 heterocycles. The standard InChI is InChI=1S/C10H16N2OS/c11-8-10(1-4-13-5-2-10)7-9-12-3-6-14-9/h3,6H,1-2,4-5,7-8,11H2. The van der Waals surface area contributed by atoms with Crippen molar-refractivity contribution in [3.05, 3.63) is 16.6 Å². The van der Waals surface area contributed by atoms with Crippen molar-refractivity contribution in [2.75, 3.05) is 19.8 Å². The highest BCUT2D eigenvalue weighted by Gasteiger charge is 2.32. The van der Waals surface area contributed by atoms with Crippen LogP contribution in [0.25, 0.3) is 0 Å². The van der Waals surface area contributed by atoms with Crippen molar-refractivity contribution in [2.45, 2.75) is 19.3 Å². The van der Waals surface area contributed by atoms with Crippen LogP contribution in [0.4, 0.5) is 0 Å². The van der Waals surface area contributed by atoms with Gasteiger partial charge < -0.3 is 10.5 Å². The van der Waals surface area contributed by atoms with Crippen LogP contribution in [0.5, 0.6) is 0 Å². The Kier molecular flexibility index (Phi) is 3.15. The maximum Gasteiger partial charge on any atom is 0.0930 e. The van der Waals surface area contributed by atoms with Gasteiger partial charge in [-0.3, -0.25) is 0 Å². The average molecular weight is 212 g/mol. The Hall–Kier alpha value is -0.450. The van der Waals surface area contributed by atoms with Gasteiger partial charge in [-0.15, -0.1) is 11.3 Å². The number of nitrogens with two attached hydrogens (primary N) is 1. The first kappa shape index (κ1) is 10.1. The van der Waals surface area contributed by atoms with Crippen LogP contribution >= 0.6 is 11.3 Å². The van der Waals surface area contributed by atoms with Crippen LogP contribution in [0.15, 0.2) is 11.6 Å². The second kappa shape index (κ2) is 4.38. The SMILES string of the molecule is NCC1(Cc2nccs2)CCOCC1. The molecule has 0 saturated carbocycles. The molecule has 2 N–H and O–H groups in total. The molecule has 0 aliphatic carbocycles. The predicted octanol–water partition coefficient (Wildman–Crippen LogP) is 1.44. The Bertz CT molecular complexity index is 268. The molecule has 3 nitrogen and oxygen atoms in total. The monoisotopic (exact) mass is 212 g/mol. The first-order valence-corrected chi connectivity index (χ1v) is 5.89. The maximum atomic E-state index is 5.88. The molecule has 0 unspecified atom stereocenters. The summed E-state index contributed by atoms with van der Waals surface area (Å²) in [5, 5.41) is 3.23. The molecule has 14 heavy (non-hydrogen) atoms. The van der Waals surface area contributed by atoms with Gasteiger partial charge in [0.1, 0.15) is 0 Å². The first-order chi connectivity index (χ1) is 6.85. The fraction of sp³-hybridized carbons (Fsp3) is 0.700. The second-order valence-corrected chi connectivity index (χ2v) is 4.90. The highest BCUT2D eigenvalue weighted by atomic mass is 32.1. The number of hydrogen-bond acceptors (Lipinski definition) is 4. The molecule has 1 aliphatic heterocycles. The average Bonchev–Trinajstić information content (AvgIpc) is 2.72. The van der Waals surface area contributed by atoms with Crippen molar-refractivity contribution < 1.29 is 4.74 Å². The quantitative estimate of drug-likeness (QED) is 0.824. The van der Waals surface area contributed by atoms with Crippen molar-refractivity contribution in [1.82, 2.24) is 4.98 Å². The van der Waals surface area contributed by atoms with E-state index in [1.165, 1.54) is 5.01 Å². The van der Waals surface area contributed by atoms with Crippen LogP contribution < -0.4 is 5.73 Å². The summed E-state index contributed by atoms with van der Waals surface area (Å²) < 4.78 is 5.37. The highest BCUT2D eigenvalue weighted by molar-refractivity contribution is 7.09. The summed E-state index contributed by atoms with van der Waals surface area (Å²) in [4.78, 5) is 4.33. The van der Waals surface area contributed by atoms with E-state index in [-0.39, 0.29) is 5.41 Å². The normalized spacial score (nSPS) is 20.9. The van der Waals surface area contributed by atoms with Gasteiger partial charge in [0.15, 0.2) is 0 Å². The molecule has 1 saturated heterocycles. The topological polar surface area (TPSA) is 48.1 Å². The Morgan fingerprint density at radius 3 is 2.86 bits per heavy atom. The first-order valence-electron chi connectivity index (χ1n) is 5.01. The minimum atomic E-state index is 0.246. The highest BCUT2D eigenvalue weighted by Crippen LogP contribution is 2.33. The van der Waals surface area contributed by atoms with Crippen molar-refractivity contribution in [2.24, 2.45) is 11.1 Å². The molecule has 0 amide bonds. The summed E-state index contributed by atoms with van der Waals surface area (Å²) >= 11 is 1.72. The fourth-order valence-electron chi connectivity index (χ4n) is 1.92. The van der Waals surface area contributed by atoms with Gasteiger partial charge in [0.2, 0.25) is 0 Å². The fourth-order valence-corrected chi connectivity index (χ4v) is 2.71. The number of ether oxygens (including phenoxy) is 1. The van der Waals surface area contributed by atoms with Crippen molar-refractivity contribution in [3.8, 4) is 0 Å². The molecular formula is C10H16N2OS. The summed E-state index contributed by atoms with van der Waals surface area (Å²) in [6.07, 6.45) is 5.03. The molecule has 4 heteroatoms. The van der Waals surface area contributed by atoms with E-state index in [9.17, 15) is 0 Å². The van der Waals surface area contributed by atoms with E-state index < -0.39 is 0 Å². The number of thiazole rings is 1. The molecule has 0 radical (unpaired) electrons. The van der Waals surface area contributed by atoms with Crippen LogP contribution in [0.2, 0.25) is 0 Å². The molecule has 78 valence electrons. The minimum absolute atomic E-state index is 0.246. The van der Waals surface area contributed by atoms with E-state index in [2.05, 4.69) is 4.98 Å². The molecule has 1 aromatic rings. The van der Waals surface area contributed by atoms with Gasteiger partial charge in [0, 0.05) is 31.2 Å². The lowest BCUT2D eigenvalue weighted by Gasteiger charge is -2.35. The predicted molar refractivity (Wildman–Crippen MR) is 57.4 cm³/mol. The Labute approximate surface area is 88.3 Å². The summed E-state index contributed by atoms with van der Waals surface area (Å²) in [6.45, 7) is 2.45. The summed E-state index contributed by atoms with van der Waals surface area (Å²) in [5.41, 5.74) is 6.12.